The molecule has 1 aromatic heterocycles. The van der Waals surface area contributed by atoms with Crippen LogP contribution in [0.5, 0.6) is 0 Å². The molecule has 8 heteroatoms. The number of aryl methyl sites for hydroxylation is 1. The SMILES string of the molecule is CSc1ccc(C(CC(=O)O)NC(=O)CCCc2nc(C3CC3)no2)cc1. The molecule has 1 unspecified atom stereocenters. The molecule has 1 aliphatic rings. The number of rotatable bonds is 10. The van der Waals surface area contributed by atoms with E-state index in [1.165, 1.54) is 0 Å². The molecule has 3 rings (SSSR count). The summed E-state index contributed by atoms with van der Waals surface area (Å²) in [4.78, 5) is 28.9. The van der Waals surface area contributed by atoms with Crippen LogP contribution >= 0.6 is 11.8 Å². The molecule has 144 valence electrons. The molecule has 0 spiro atoms. The van der Waals surface area contributed by atoms with Crippen LogP contribution in [0.2, 0.25) is 0 Å². The van der Waals surface area contributed by atoms with Crippen molar-refractivity contribution in [3.63, 3.8) is 0 Å². The topological polar surface area (TPSA) is 105 Å². The van der Waals surface area contributed by atoms with Crippen molar-refractivity contribution in [3.8, 4) is 0 Å². The van der Waals surface area contributed by atoms with Crippen molar-refractivity contribution in [1.82, 2.24) is 15.5 Å². The van der Waals surface area contributed by atoms with Gasteiger partial charge in [0.05, 0.1) is 12.5 Å². The van der Waals surface area contributed by atoms with E-state index < -0.39 is 12.0 Å². The predicted octanol–water partition coefficient (Wildman–Crippen LogP) is 3.32. The van der Waals surface area contributed by atoms with Crippen molar-refractivity contribution < 1.29 is 19.2 Å². The zero-order valence-corrected chi connectivity index (χ0v) is 16.0. The fourth-order valence-electron chi connectivity index (χ4n) is 2.81. The third kappa shape index (κ3) is 5.82. The quantitative estimate of drug-likeness (QED) is 0.600. The number of thioether (sulfide) groups is 1. The van der Waals surface area contributed by atoms with E-state index in [2.05, 4.69) is 15.5 Å². The van der Waals surface area contributed by atoms with Gasteiger partial charge in [-0.25, -0.2) is 0 Å². The second kappa shape index (κ2) is 9.03. The first kappa shape index (κ1) is 19.4. The monoisotopic (exact) mass is 389 g/mol. The average molecular weight is 389 g/mol. The minimum atomic E-state index is -0.951. The summed E-state index contributed by atoms with van der Waals surface area (Å²) in [6.45, 7) is 0. The Balaban J connectivity index is 1.50. The number of carbonyl (C=O) groups excluding carboxylic acids is 1. The smallest absolute Gasteiger partial charge is 0.305 e. The maximum Gasteiger partial charge on any atom is 0.305 e. The van der Waals surface area contributed by atoms with Crippen LogP contribution in [0, 0.1) is 0 Å². The predicted molar refractivity (Wildman–Crippen MR) is 101 cm³/mol. The van der Waals surface area contributed by atoms with Gasteiger partial charge < -0.3 is 14.9 Å². The number of amides is 1. The van der Waals surface area contributed by atoms with Crippen LogP contribution in [0.1, 0.15) is 61.3 Å². The third-order valence-electron chi connectivity index (χ3n) is 4.45. The highest BCUT2D eigenvalue weighted by Crippen LogP contribution is 2.38. The van der Waals surface area contributed by atoms with E-state index in [1.54, 1.807) is 11.8 Å². The molecule has 2 N–H and O–H groups in total. The summed E-state index contributed by atoms with van der Waals surface area (Å²) in [5, 5.41) is 15.9. The molecule has 0 bridgehead atoms. The molecular formula is C19H23N3O4S. The lowest BCUT2D eigenvalue weighted by atomic mass is 10.0. The fraction of sp³-hybridized carbons (Fsp3) is 0.474. The molecule has 0 aliphatic heterocycles. The largest absolute Gasteiger partial charge is 0.481 e. The number of carboxylic acids is 1. The summed E-state index contributed by atoms with van der Waals surface area (Å²) in [5.74, 6) is 0.633. The highest BCUT2D eigenvalue weighted by atomic mass is 32.2. The van der Waals surface area contributed by atoms with Crippen LogP contribution in [-0.2, 0) is 16.0 Å². The van der Waals surface area contributed by atoms with Gasteiger partial charge in [0.2, 0.25) is 11.8 Å². The molecule has 0 saturated heterocycles. The Morgan fingerprint density at radius 2 is 2.07 bits per heavy atom. The number of aliphatic carboxylic acids is 1. The van der Waals surface area contributed by atoms with E-state index in [4.69, 9.17) is 9.63 Å². The molecule has 0 radical (unpaired) electrons. The summed E-state index contributed by atoms with van der Waals surface area (Å²) < 4.78 is 5.20. The number of aromatic nitrogens is 2. The third-order valence-corrected chi connectivity index (χ3v) is 5.20. The zero-order chi connectivity index (χ0) is 19.2. The Morgan fingerprint density at radius 1 is 1.33 bits per heavy atom. The molecular weight excluding hydrogens is 366 g/mol. The van der Waals surface area contributed by atoms with E-state index in [1.807, 2.05) is 30.5 Å². The van der Waals surface area contributed by atoms with Gasteiger partial charge in [0, 0.05) is 23.7 Å². The lowest BCUT2D eigenvalue weighted by Gasteiger charge is -2.17. The standard InChI is InChI=1S/C19H23N3O4S/c1-27-14-9-7-12(8-10-14)15(11-18(24)25)20-16(23)3-2-4-17-21-19(22-26-17)13-5-6-13/h7-10,13,15H,2-6,11H2,1H3,(H,20,23)(H,24,25). The molecule has 2 aromatic rings. The zero-order valence-electron chi connectivity index (χ0n) is 15.2. The molecule has 1 aromatic carbocycles. The van der Waals surface area contributed by atoms with Crippen LogP contribution in [0.15, 0.2) is 33.7 Å². The van der Waals surface area contributed by atoms with Crippen LogP contribution < -0.4 is 5.32 Å². The summed E-state index contributed by atoms with van der Waals surface area (Å²) >= 11 is 1.61. The summed E-state index contributed by atoms with van der Waals surface area (Å²) in [7, 11) is 0. The maximum atomic E-state index is 12.3. The number of benzene rings is 1. The van der Waals surface area contributed by atoms with Gasteiger partial charge in [0.15, 0.2) is 5.82 Å². The highest BCUT2D eigenvalue weighted by molar-refractivity contribution is 7.98. The van der Waals surface area contributed by atoms with E-state index in [9.17, 15) is 9.59 Å². The summed E-state index contributed by atoms with van der Waals surface area (Å²) in [6.07, 6.45) is 5.44. The minimum Gasteiger partial charge on any atom is -0.481 e. The Morgan fingerprint density at radius 3 is 2.70 bits per heavy atom. The van der Waals surface area contributed by atoms with Gasteiger partial charge in [-0.2, -0.15) is 4.98 Å². The van der Waals surface area contributed by atoms with Gasteiger partial charge in [0.1, 0.15) is 0 Å². The lowest BCUT2D eigenvalue weighted by Crippen LogP contribution is -2.30. The van der Waals surface area contributed by atoms with Crippen molar-refractivity contribution in [1.29, 1.82) is 0 Å². The number of nitrogens with one attached hydrogen (secondary N) is 1. The maximum absolute atomic E-state index is 12.3. The number of hydrogen-bond donors (Lipinski definition) is 2. The Kier molecular flexibility index (Phi) is 6.49. The van der Waals surface area contributed by atoms with Crippen molar-refractivity contribution in [2.75, 3.05) is 6.26 Å². The van der Waals surface area contributed by atoms with Crippen LogP contribution in [0.3, 0.4) is 0 Å². The van der Waals surface area contributed by atoms with Gasteiger partial charge in [-0.1, -0.05) is 17.3 Å². The highest BCUT2D eigenvalue weighted by Gasteiger charge is 2.28. The van der Waals surface area contributed by atoms with E-state index in [0.717, 1.165) is 29.1 Å². The number of carboxylic acid groups (broad SMARTS) is 1. The molecule has 1 atom stereocenters. The van der Waals surface area contributed by atoms with Crippen molar-refractivity contribution in [2.45, 2.75) is 55.4 Å². The Bertz CT molecular complexity index is 787. The second-order valence-electron chi connectivity index (χ2n) is 6.67. The van der Waals surface area contributed by atoms with Crippen LogP contribution in [-0.4, -0.2) is 33.4 Å². The van der Waals surface area contributed by atoms with E-state index in [-0.39, 0.29) is 18.7 Å². The molecule has 1 heterocycles. The van der Waals surface area contributed by atoms with E-state index >= 15 is 0 Å². The van der Waals surface area contributed by atoms with Crippen molar-refractivity contribution in [3.05, 3.63) is 41.5 Å². The Labute approximate surface area is 161 Å². The molecule has 27 heavy (non-hydrogen) atoms. The Hall–Kier alpha value is -2.35. The van der Waals surface area contributed by atoms with Crippen molar-refractivity contribution >= 4 is 23.6 Å². The first-order valence-corrected chi connectivity index (χ1v) is 10.2. The number of nitrogens with zero attached hydrogens (tertiary/aromatic N) is 2. The summed E-state index contributed by atoms with van der Waals surface area (Å²) in [6, 6.07) is 7.02. The van der Waals surface area contributed by atoms with Gasteiger partial charge >= 0.3 is 5.97 Å². The van der Waals surface area contributed by atoms with E-state index in [0.29, 0.717) is 24.7 Å². The van der Waals surface area contributed by atoms with Crippen molar-refractivity contribution in [2.24, 2.45) is 0 Å². The second-order valence-corrected chi connectivity index (χ2v) is 7.54. The van der Waals surface area contributed by atoms with Gasteiger partial charge in [-0.3, -0.25) is 9.59 Å². The average Bonchev–Trinajstić information content (AvgIpc) is 3.40. The molecule has 1 fully saturated rings. The van der Waals surface area contributed by atoms with Gasteiger partial charge in [-0.15, -0.1) is 11.8 Å². The molecule has 1 saturated carbocycles. The summed E-state index contributed by atoms with van der Waals surface area (Å²) in [5.41, 5.74) is 0.787. The normalized spacial score (nSPS) is 14.7. The fourth-order valence-corrected chi connectivity index (χ4v) is 3.21. The molecule has 7 nitrogen and oxygen atoms in total. The lowest BCUT2D eigenvalue weighted by molar-refractivity contribution is -0.137. The molecule has 1 amide bonds. The molecule has 1 aliphatic carbocycles. The first-order valence-electron chi connectivity index (χ1n) is 9.02. The van der Waals surface area contributed by atoms with Gasteiger partial charge in [-0.05, 0) is 43.2 Å². The van der Waals surface area contributed by atoms with Crippen LogP contribution in [0.25, 0.3) is 0 Å². The number of hydrogen-bond acceptors (Lipinski definition) is 6. The number of carbonyl (C=O) groups is 2. The first-order chi connectivity index (χ1) is 13.0. The van der Waals surface area contributed by atoms with Crippen LogP contribution in [0.4, 0.5) is 0 Å². The van der Waals surface area contributed by atoms with Gasteiger partial charge in [0.25, 0.3) is 0 Å². The minimum absolute atomic E-state index is 0.154.